The van der Waals surface area contributed by atoms with Crippen molar-refractivity contribution in [2.75, 3.05) is 36.4 Å². The molecule has 0 radical (unpaired) electrons. The van der Waals surface area contributed by atoms with Gasteiger partial charge in [0, 0.05) is 32.1 Å². The second kappa shape index (κ2) is 9.33. The van der Waals surface area contributed by atoms with Crippen LogP contribution in [-0.4, -0.2) is 52.1 Å². The van der Waals surface area contributed by atoms with Crippen molar-refractivity contribution in [2.45, 2.75) is 31.9 Å². The van der Waals surface area contributed by atoms with E-state index in [-0.39, 0.29) is 31.3 Å². The van der Waals surface area contributed by atoms with Gasteiger partial charge in [-0.25, -0.2) is 9.97 Å². The first-order valence-corrected chi connectivity index (χ1v) is 9.92. The lowest BCUT2D eigenvalue weighted by atomic mass is 9.91. The van der Waals surface area contributed by atoms with Crippen LogP contribution in [0.3, 0.4) is 0 Å². The molecule has 0 unspecified atom stereocenters. The fourth-order valence-corrected chi connectivity index (χ4v) is 3.47. The van der Waals surface area contributed by atoms with E-state index in [1.807, 2.05) is 0 Å². The number of β-amino-alcohol motifs (C(OH)–C–C–N with tert-alkyl or cyclic N) is 2. The molecule has 0 aliphatic carbocycles. The molecule has 1 aromatic carbocycles. The molecular formula is C20H25F4N5O2. The van der Waals surface area contributed by atoms with Gasteiger partial charge in [0.2, 0.25) is 5.82 Å². The summed E-state index contributed by atoms with van der Waals surface area (Å²) < 4.78 is 53.3. The van der Waals surface area contributed by atoms with Crippen molar-refractivity contribution in [1.82, 2.24) is 15.3 Å². The third kappa shape index (κ3) is 5.60. The molecule has 2 heterocycles. The lowest BCUT2D eigenvalue weighted by Gasteiger charge is -2.36. The number of hydrogen-bond acceptors (Lipinski definition) is 7. The Morgan fingerprint density at radius 2 is 1.94 bits per heavy atom. The number of nitrogens with one attached hydrogen (secondary N) is 2. The molecule has 31 heavy (non-hydrogen) atoms. The largest absolute Gasteiger partial charge is 0.416 e. The van der Waals surface area contributed by atoms with Gasteiger partial charge in [-0.3, -0.25) is 0 Å². The van der Waals surface area contributed by atoms with E-state index >= 15 is 4.39 Å². The first kappa shape index (κ1) is 23.2. The second-order valence-electron chi connectivity index (χ2n) is 7.49. The van der Waals surface area contributed by atoms with Crippen LogP contribution in [0.4, 0.5) is 29.2 Å². The van der Waals surface area contributed by atoms with Crippen molar-refractivity contribution in [1.29, 1.82) is 0 Å². The SMILES string of the molecule is CCN(Cc1ccc(C(F)(F)F)cc1)c1ncnc(NC[C@@H]2CCNCC2(O)O)c1F. The van der Waals surface area contributed by atoms with Crippen molar-refractivity contribution in [3.63, 3.8) is 0 Å². The Morgan fingerprint density at radius 1 is 1.23 bits per heavy atom. The van der Waals surface area contributed by atoms with Gasteiger partial charge in [-0.2, -0.15) is 17.6 Å². The number of rotatable bonds is 7. The van der Waals surface area contributed by atoms with Crippen molar-refractivity contribution in [2.24, 2.45) is 5.92 Å². The predicted octanol–water partition coefficient (Wildman–Crippen LogP) is 2.36. The van der Waals surface area contributed by atoms with Crippen LogP contribution in [0.1, 0.15) is 24.5 Å². The first-order valence-electron chi connectivity index (χ1n) is 9.92. The van der Waals surface area contributed by atoms with E-state index in [4.69, 9.17) is 0 Å². The normalized spacial score (nSPS) is 18.6. The minimum absolute atomic E-state index is 0.00414. The molecule has 7 nitrogen and oxygen atoms in total. The third-order valence-corrected chi connectivity index (χ3v) is 5.33. The quantitative estimate of drug-likeness (QED) is 0.386. The van der Waals surface area contributed by atoms with Gasteiger partial charge in [0.1, 0.15) is 6.33 Å². The number of aliphatic hydroxyl groups is 2. The van der Waals surface area contributed by atoms with Crippen LogP contribution >= 0.6 is 0 Å². The van der Waals surface area contributed by atoms with Crippen LogP contribution in [0.15, 0.2) is 30.6 Å². The van der Waals surface area contributed by atoms with Gasteiger partial charge in [-0.1, -0.05) is 12.1 Å². The molecule has 1 aromatic heterocycles. The summed E-state index contributed by atoms with van der Waals surface area (Å²) in [5.41, 5.74) is -0.178. The third-order valence-electron chi connectivity index (χ3n) is 5.33. The minimum Gasteiger partial charge on any atom is -0.367 e. The highest BCUT2D eigenvalue weighted by Gasteiger charge is 2.37. The summed E-state index contributed by atoms with van der Waals surface area (Å²) in [7, 11) is 0. The number of nitrogens with zero attached hydrogens (tertiary/aromatic N) is 3. The van der Waals surface area contributed by atoms with Gasteiger partial charge in [0.15, 0.2) is 17.4 Å². The zero-order chi connectivity index (χ0) is 22.6. The van der Waals surface area contributed by atoms with Gasteiger partial charge >= 0.3 is 6.18 Å². The van der Waals surface area contributed by atoms with Crippen molar-refractivity contribution >= 4 is 11.6 Å². The van der Waals surface area contributed by atoms with Crippen molar-refractivity contribution in [3.05, 3.63) is 47.5 Å². The van der Waals surface area contributed by atoms with E-state index < -0.39 is 29.3 Å². The van der Waals surface area contributed by atoms with Gasteiger partial charge in [0.05, 0.1) is 5.56 Å². The Hall–Kier alpha value is -2.50. The minimum atomic E-state index is -4.42. The highest BCUT2D eigenvalue weighted by molar-refractivity contribution is 5.51. The fraction of sp³-hybridized carbons (Fsp3) is 0.500. The molecule has 1 aliphatic rings. The molecule has 1 fully saturated rings. The molecule has 1 saturated heterocycles. The van der Waals surface area contributed by atoms with Crippen molar-refractivity contribution < 1.29 is 27.8 Å². The molecule has 4 N–H and O–H groups in total. The fourth-order valence-electron chi connectivity index (χ4n) is 3.47. The number of benzene rings is 1. The zero-order valence-electron chi connectivity index (χ0n) is 17.0. The van der Waals surface area contributed by atoms with Crippen LogP contribution in [0.5, 0.6) is 0 Å². The summed E-state index contributed by atoms with van der Waals surface area (Å²) in [6.07, 6.45) is -2.74. The molecule has 170 valence electrons. The Bertz CT molecular complexity index is 877. The maximum Gasteiger partial charge on any atom is 0.416 e. The van der Waals surface area contributed by atoms with Crippen LogP contribution in [0.25, 0.3) is 0 Å². The van der Waals surface area contributed by atoms with E-state index in [0.717, 1.165) is 12.1 Å². The van der Waals surface area contributed by atoms with Crippen LogP contribution in [0.2, 0.25) is 0 Å². The number of piperidine rings is 1. The second-order valence-corrected chi connectivity index (χ2v) is 7.49. The molecule has 0 saturated carbocycles. The maximum atomic E-state index is 15.1. The standard InChI is InChI=1S/C20H25F4N5O2/c1-2-29(10-13-3-5-14(6-4-13)20(22,23)24)18-16(21)17(27-12-28-18)26-9-15-7-8-25-11-19(15,30)31/h3-6,12,15,25,30-31H,2,7-11H2,1H3,(H,26,27,28)/t15-/m0/s1. The summed E-state index contributed by atoms with van der Waals surface area (Å²) in [5, 5.41) is 25.8. The van der Waals surface area contributed by atoms with E-state index in [2.05, 4.69) is 20.6 Å². The smallest absolute Gasteiger partial charge is 0.367 e. The predicted molar refractivity (Wildman–Crippen MR) is 107 cm³/mol. The summed E-state index contributed by atoms with van der Waals surface area (Å²) in [5.74, 6) is -3.21. The molecule has 1 aliphatic heterocycles. The van der Waals surface area contributed by atoms with E-state index in [1.54, 1.807) is 11.8 Å². The molecular weight excluding hydrogens is 418 g/mol. The monoisotopic (exact) mass is 443 g/mol. The van der Waals surface area contributed by atoms with E-state index in [1.165, 1.54) is 18.5 Å². The molecule has 3 rings (SSSR count). The first-order chi connectivity index (χ1) is 14.6. The lowest BCUT2D eigenvalue weighted by Crippen LogP contribution is -2.54. The van der Waals surface area contributed by atoms with Gasteiger partial charge in [0.25, 0.3) is 0 Å². The number of alkyl halides is 3. The van der Waals surface area contributed by atoms with E-state index in [9.17, 15) is 23.4 Å². The Balaban J connectivity index is 1.72. The molecule has 1 atom stereocenters. The van der Waals surface area contributed by atoms with Gasteiger partial charge in [-0.05, 0) is 37.6 Å². The highest BCUT2D eigenvalue weighted by Crippen LogP contribution is 2.30. The number of hydrogen-bond donors (Lipinski definition) is 4. The van der Waals surface area contributed by atoms with Crippen LogP contribution in [0, 0.1) is 11.7 Å². The Morgan fingerprint density at radius 3 is 2.55 bits per heavy atom. The Kier molecular flexibility index (Phi) is 6.97. The molecule has 11 heteroatoms. The van der Waals surface area contributed by atoms with Crippen LogP contribution in [-0.2, 0) is 12.7 Å². The molecule has 0 amide bonds. The average Bonchev–Trinajstić information content (AvgIpc) is 2.72. The number of anilines is 2. The lowest BCUT2D eigenvalue weighted by molar-refractivity contribution is -0.203. The summed E-state index contributed by atoms with van der Waals surface area (Å²) in [6.45, 7) is 3.04. The summed E-state index contributed by atoms with van der Waals surface area (Å²) >= 11 is 0. The number of aromatic nitrogens is 2. The maximum absolute atomic E-state index is 15.1. The van der Waals surface area contributed by atoms with Crippen LogP contribution < -0.4 is 15.5 Å². The molecule has 2 aromatic rings. The van der Waals surface area contributed by atoms with Gasteiger partial charge in [-0.15, -0.1) is 0 Å². The molecule has 0 spiro atoms. The van der Waals surface area contributed by atoms with E-state index in [0.29, 0.717) is 25.1 Å². The van der Waals surface area contributed by atoms with Gasteiger partial charge < -0.3 is 25.7 Å². The number of halogens is 4. The highest BCUT2D eigenvalue weighted by atomic mass is 19.4. The summed E-state index contributed by atoms with van der Waals surface area (Å²) in [6, 6.07) is 4.68. The van der Waals surface area contributed by atoms with Crippen molar-refractivity contribution in [3.8, 4) is 0 Å². The molecule has 0 bridgehead atoms. The zero-order valence-corrected chi connectivity index (χ0v) is 17.0. The average molecular weight is 443 g/mol. The summed E-state index contributed by atoms with van der Waals surface area (Å²) in [4.78, 5) is 9.48. The topological polar surface area (TPSA) is 93.5 Å². The Labute approximate surface area is 177 Å².